The van der Waals surface area contributed by atoms with Gasteiger partial charge in [0.1, 0.15) is 5.82 Å². The fraction of sp³-hybridized carbons (Fsp3) is 0.296. The van der Waals surface area contributed by atoms with Crippen LogP contribution in [0.5, 0.6) is 17.2 Å². The van der Waals surface area contributed by atoms with Crippen molar-refractivity contribution >= 4 is 15.9 Å². The predicted octanol–water partition coefficient (Wildman–Crippen LogP) is 3.57. The van der Waals surface area contributed by atoms with Gasteiger partial charge in [-0.15, -0.1) is 0 Å². The Balaban J connectivity index is 1.68. The molecule has 196 valence electrons. The van der Waals surface area contributed by atoms with Gasteiger partial charge in [0.15, 0.2) is 11.5 Å². The average Bonchev–Trinajstić information content (AvgIpc) is 3.39. The van der Waals surface area contributed by atoms with Crippen LogP contribution >= 0.6 is 0 Å². The van der Waals surface area contributed by atoms with Crippen molar-refractivity contribution in [1.82, 2.24) is 9.62 Å². The molecule has 37 heavy (non-hydrogen) atoms. The summed E-state index contributed by atoms with van der Waals surface area (Å²) >= 11 is 0. The maximum atomic E-state index is 13.4. The molecule has 0 spiro atoms. The molecule has 8 nitrogen and oxygen atoms in total. The summed E-state index contributed by atoms with van der Waals surface area (Å²) in [5.74, 6) is -0.637. The number of methoxy groups -OCH3 is 3. The van der Waals surface area contributed by atoms with E-state index < -0.39 is 21.9 Å². The minimum Gasteiger partial charge on any atom is -0.493 e. The van der Waals surface area contributed by atoms with Crippen LogP contribution in [0, 0.1) is 11.7 Å². The first kappa shape index (κ1) is 26.4. The van der Waals surface area contributed by atoms with Gasteiger partial charge in [-0.2, -0.15) is 4.31 Å². The van der Waals surface area contributed by atoms with Crippen molar-refractivity contribution in [3.63, 3.8) is 0 Å². The number of ether oxygens (including phenoxy) is 3. The molecular formula is C27H29FN2O6S. The monoisotopic (exact) mass is 528 g/mol. The molecule has 1 fully saturated rings. The first-order valence-corrected chi connectivity index (χ1v) is 13.1. The van der Waals surface area contributed by atoms with Crippen LogP contribution in [0.4, 0.5) is 4.39 Å². The lowest BCUT2D eigenvalue weighted by molar-refractivity contribution is -0.125. The van der Waals surface area contributed by atoms with Crippen LogP contribution in [-0.4, -0.2) is 53.0 Å². The lowest BCUT2D eigenvalue weighted by Crippen LogP contribution is -2.35. The highest BCUT2D eigenvalue weighted by molar-refractivity contribution is 7.89. The van der Waals surface area contributed by atoms with Crippen molar-refractivity contribution in [1.29, 1.82) is 0 Å². The maximum Gasteiger partial charge on any atom is 0.243 e. The van der Waals surface area contributed by atoms with E-state index >= 15 is 0 Å². The Bertz CT molecular complexity index is 1320. The van der Waals surface area contributed by atoms with E-state index in [1.165, 1.54) is 49.9 Å². The first-order chi connectivity index (χ1) is 17.8. The predicted molar refractivity (Wildman–Crippen MR) is 136 cm³/mol. The molecule has 0 bridgehead atoms. The van der Waals surface area contributed by atoms with Gasteiger partial charge in [0.25, 0.3) is 0 Å². The Kier molecular flexibility index (Phi) is 7.99. The van der Waals surface area contributed by atoms with Gasteiger partial charge in [-0.25, -0.2) is 12.8 Å². The van der Waals surface area contributed by atoms with Gasteiger partial charge in [-0.1, -0.05) is 30.3 Å². The van der Waals surface area contributed by atoms with E-state index in [1.807, 2.05) is 0 Å². The van der Waals surface area contributed by atoms with Crippen molar-refractivity contribution in [3.05, 3.63) is 83.7 Å². The SMILES string of the molecule is COc1cc(C2CN(S(=O)(=O)c3ccccc3)CC2C(=O)NCc2ccc(F)cc2)cc(OC)c1OC. The molecule has 1 aliphatic rings. The van der Waals surface area contributed by atoms with Gasteiger partial charge in [0.05, 0.1) is 32.1 Å². The number of sulfonamides is 1. The summed E-state index contributed by atoms with van der Waals surface area (Å²) in [7, 11) is 0.648. The molecule has 2 atom stereocenters. The minimum absolute atomic E-state index is 0.00615. The Labute approximate surface area is 216 Å². The highest BCUT2D eigenvalue weighted by atomic mass is 32.2. The molecule has 3 aromatic rings. The largest absolute Gasteiger partial charge is 0.493 e. The topological polar surface area (TPSA) is 94.2 Å². The molecule has 1 aliphatic heterocycles. The molecule has 1 heterocycles. The lowest BCUT2D eigenvalue weighted by Gasteiger charge is -2.21. The third-order valence-corrected chi connectivity index (χ3v) is 8.35. The summed E-state index contributed by atoms with van der Waals surface area (Å²) in [4.78, 5) is 13.6. The Morgan fingerprint density at radius 1 is 0.946 bits per heavy atom. The highest BCUT2D eigenvalue weighted by Gasteiger charge is 2.44. The van der Waals surface area contributed by atoms with Crippen LogP contribution in [-0.2, 0) is 21.4 Å². The molecule has 4 rings (SSSR count). The molecule has 1 N–H and O–H groups in total. The van der Waals surface area contributed by atoms with Crippen LogP contribution in [0.2, 0.25) is 0 Å². The molecule has 10 heteroatoms. The lowest BCUT2D eigenvalue weighted by atomic mass is 9.87. The van der Waals surface area contributed by atoms with E-state index in [0.29, 0.717) is 22.8 Å². The Morgan fingerprint density at radius 2 is 1.57 bits per heavy atom. The third kappa shape index (κ3) is 5.55. The number of amides is 1. The minimum atomic E-state index is -3.84. The summed E-state index contributed by atoms with van der Waals surface area (Å²) in [6.45, 7) is 0.265. The zero-order chi connectivity index (χ0) is 26.6. The van der Waals surface area contributed by atoms with Crippen LogP contribution in [0.3, 0.4) is 0 Å². The summed E-state index contributed by atoms with van der Waals surface area (Å²) in [5, 5.41) is 2.88. The van der Waals surface area contributed by atoms with Crippen LogP contribution in [0.15, 0.2) is 71.6 Å². The zero-order valence-electron chi connectivity index (χ0n) is 20.8. The number of carbonyl (C=O) groups is 1. The molecule has 0 saturated carbocycles. The van der Waals surface area contributed by atoms with E-state index in [9.17, 15) is 17.6 Å². The molecule has 0 aromatic heterocycles. The van der Waals surface area contributed by atoms with Gasteiger partial charge in [-0.3, -0.25) is 4.79 Å². The van der Waals surface area contributed by atoms with E-state index in [1.54, 1.807) is 42.5 Å². The summed E-state index contributed by atoms with van der Waals surface area (Å²) < 4.78 is 57.8. The van der Waals surface area contributed by atoms with Crippen molar-refractivity contribution in [3.8, 4) is 17.2 Å². The van der Waals surface area contributed by atoms with Crippen molar-refractivity contribution in [2.75, 3.05) is 34.4 Å². The second-order valence-electron chi connectivity index (χ2n) is 8.65. The maximum absolute atomic E-state index is 13.4. The Hall–Kier alpha value is -3.63. The highest BCUT2D eigenvalue weighted by Crippen LogP contribution is 2.44. The number of hydrogen-bond acceptors (Lipinski definition) is 6. The number of nitrogens with zero attached hydrogens (tertiary/aromatic N) is 1. The van der Waals surface area contributed by atoms with Crippen molar-refractivity contribution in [2.24, 2.45) is 5.92 Å². The zero-order valence-corrected chi connectivity index (χ0v) is 21.6. The number of rotatable bonds is 9. The summed E-state index contributed by atoms with van der Waals surface area (Å²) in [6.07, 6.45) is 0. The van der Waals surface area contributed by atoms with Gasteiger partial charge in [-0.05, 0) is 47.5 Å². The summed E-state index contributed by atoms with van der Waals surface area (Å²) in [6, 6.07) is 17.4. The van der Waals surface area contributed by atoms with Crippen LogP contribution in [0.25, 0.3) is 0 Å². The second-order valence-corrected chi connectivity index (χ2v) is 10.6. The summed E-state index contributed by atoms with van der Waals surface area (Å²) in [5.41, 5.74) is 1.41. The first-order valence-electron chi connectivity index (χ1n) is 11.7. The van der Waals surface area contributed by atoms with Crippen LogP contribution in [0.1, 0.15) is 17.0 Å². The second kappa shape index (κ2) is 11.2. The van der Waals surface area contributed by atoms with Gasteiger partial charge in [0, 0.05) is 25.6 Å². The molecule has 1 saturated heterocycles. The van der Waals surface area contributed by atoms with E-state index in [0.717, 1.165) is 5.56 Å². The molecule has 2 unspecified atom stereocenters. The number of halogens is 1. The van der Waals surface area contributed by atoms with Gasteiger partial charge < -0.3 is 19.5 Å². The van der Waals surface area contributed by atoms with E-state index in [2.05, 4.69) is 5.32 Å². The quantitative estimate of drug-likeness (QED) is 0.457. The molecule has 1 amide bonds. The van der Waals surface area contributed by atoms with Crippen molar-refractivity contribution in [2.45, 2.75) is 17.4 Å². The number of benzene rings is 3. The van der Waals surface area contributed by atoms with Crippen LogP contribution < -0.4 is 19.5 Å². The normalized spacial score (nSPS) is 17.8. The van der Waals surface area contributed by atoms with Gasteiger partial charge in [0.2, 0.25) is 21.7 Å². The van der Waals surface area contributed by atoms with E-state index in [-0.39, 0.29) is 36.3 Å². The average molecular weight is 529 g/mol. The standard InChI is InChI=1S/C27H29FN2O6S/c1-34-24-13-19(14-25(35-2)26(24)36-3)22-16-30(37(32,33)21-7-5-4-6-8-21)17-23(22)27(31)29-15-18-9-11-20(28)12-10-18/h4-14,22-23H,15-17H2,1-3H3,(H,29,31). The fourth-order valence-corrected chi connectivity index (χ4v) is 6.06. The van der Waals surface area contributed by atoms with E-state index in [4.69, 9.17) is 14.2 Å². The number of hydrogen-bond donors (Lipinski definition) is 1. The Morgan fingerprint density at radius 3 is 2.14 bits per heavy atom. The molecular weight excluding hydrogens is 499 g/mol. The third-order valence-electron chi connectivity index (χ3n) is 6.50. The number of carbonyl (C=O) groups excluding carboxylic acids is 1. The smallest absolute Gasteiger partial charge is 0.243 e. The molecule has 0 radical (unpaired) electrons. The molecule has 0 aliphatic carbocycles. The molecule has 3 aromatic carbocycles. The van der Waals surface area contributed by atoms with Gasteiger partial charge >= 0.3 is 0 Å². The number of nitrogens with one attached hydrogen (secondary N) is 1. The fourth-order valence-electron chi connectivity index (χ4n) is 4.55. The van der Waals surface area contributed by atoms with Crippen molar-refractivity contribution < 1.29 is 31.8 Å².